The highest BCUT2D eigenvalue weighted by atomic mass is 16.8. The largest absolute Gasteiger partial charge is 0.595 e. The van der Waals surface area contributed by atoms with E-state index in [0.717, 1.165) is 0 Å². The van der Waals surface area contributed by atoms with Gasteiger partial charge in [0.1, 0.15) is 17.6 Å². The van der Waals surface area contributed by atoms with Gasteiger partial charge >= 0.3 is 0 Å². The van der Waals surface area contributed by atoms with Crippen molar-refractivity contribution in [2.75, 3.05) is 0 Å². The summed E-state index contributed by atoms with van der Waals surface area (Å²) in [6.07, 6.45) is 1.31. The van der Waals surface area contributed by atoms with Gasteiger partial charge < -0.3 is 14.7 Å². The Morgan fingerprint density at radius 1 is 1.10 bits per heavy atom. The number of phenols is 1. The van der Waals surface area contributed by atoms with Gasteiger partial charge in [-0.1, -0.05) is 0 Å². The van der Waals surface area contributed by atoms with Crippen molar-refractivity contribution < 1.29 is 20.0 Å². The summed E-state index contributed by atoms with van der Waals surface area (Å²) in [4.78, 5) is 12.4. The Bertz CT molecular complexity index is 852. The summed E-state index contributed by atoms with van der Waals surface area (Å²) >= 11 is 0. The molecule has 0 saturated heterocycles. The molecular formula is C15H11NO5. The Kier molecular flexibility index (Phi) is 3.19. The summed E-state index contributed by atoms with van der Waals surface area (Å²) in [5.74, 6) is 0.0178. The topological polar surface area (TPSA) is 98.2 Å². The molecule has 2 aromatic carbocycles. The molecule has 0 bridgehead atoms. The van der Waals surface area contributed by atoms with E-state index in [0.29, 0.717) is 22.1 Å². The molecule has 0 radical (unpaired) electrons. The normalized spacial score (nSPS) is 12.5. The van der Waals surface area contributed by atoms with Crippen LogP contribution in [0.25, 0.3) is 22.1 Å². The lowest BCUT2D eigenvalue weighted by Crippen LogP contribution is -2.99. The summed E-state index contributed by atoms with van der Waals surface area (Å²) in [6, 6.07) is 10.2. The second kappa shape index (κ2) is 5.02. The van der Waals surface area contributed by atoms with Crippen LogP contribution in [0, 0.1) is 5.21 Å². The molecule has 1 unspecified atom stereocenters. The van der Waals surface area contributed by atoms with Crippen molar-refractivity contribution in [3.05, 3.63) is 64.2 Å². The molecule has 0 saturated carbocycles. The quantitative estimate of drug-likeness (QED) is 0.621. The maximum atomic E-state index is 12.4. The molecule has 6 heteroatoms. The predicted molar refractivity (Wildman–Crippen MR) is 75.4 cm³/mol. The average molecular weight is 285 g/mol. The van der Waals surface area contributed by atoms with Crippen molar-refractivity contribution in [2.24, 2.45) is 0 Å². The van der Waals surface area contributed by atoms with Gasteiger partial charge in [0.05, 0.1) is 10.9 Å². The minimum atomic E-state index is -1.03. The van der Waals surface area contributed by atoms with Gasteiger partial charge in [-0.2, -0.15) is 5.23 Å². The first-order chi connectivity index (χ1) is 10.1. The van der Waals surface area contributed by atoms with E-state index in [2.05, 4.69) is 0 Å². The van der Waals surface area contributed by atoms with Crippen molar-refractivity contribution in [1.29, 1.82) is 0 Å². The monoisotopic (exact) mass is 285 g/mol. The maximum absolute atomic E-state index is 12.4. The second-order valence-corrected chi connectivity index (χ2v) is 4.54. The Hall–Kier alpha value is -2.67. The van der Waals surface area contributed by atoms with Crippen LogP contribution in [0.4, 0.5) is 5.69 Å². The third-order valence-electron chi connectivity index (χ3n) is 3.20. The molecule has 3 N–H and O–H groups in total. The molecule has 0 aliphatic rings. The van der Waals surface area contributed by atoms with Gasteiger partial charge in [-0.15, -0.1) is 0 Å². The standard InChI is InChI=1S/C15H11NO5/c17-11-5-6-12-14(7-11)21-8-13(15(12)18)9-1-3-10(4-2-9)16(19)20/h1-8,16-17,19H. The van der Waals surface area contributed by atoms with Crippen LogP contribution in [0.1, 0.15) is 0 Å². The summed E-state index contributed by atoms with van der Waals surface area (Å²) in [5, 5.41) is 28.4. The number of rotatable bonds is 2. The van der Waals surface area contributed by atoms with E-state index in [4.69, 9.17) is 9.62 Å². The molecule has 21 heavy (non-hydrogen) atoms. The Morgan fingerprint density at radius 3 is 2.48 bits per heavy atom. The number of hydrogen-bond donors (Lipinski definition) is 3. The zero-order valence-electron chi connectivity index (χ0n) is 10.7. The number of aromatic hydroxyl groups is 1. The Morgan fingerprint density at radius 2 is 1.81 bits per heavy atom. The second-order valence-electron chi connectivity index (χ2n) is 4.54. The van der Waals surface area contributed by atoms with E-state index in [-0.39, 0.29) is 16.9 Å². The molecule has 0 aliphatic heterocycles. The highest BCUT2D eigenvalue weighted by molar-refractivity contribution is 5.82. The van der Waals surface area contributed by atoms with Gasteiger partial charge in [0.2, 0.25) is 0 Å². The maximum Gasteiger partial charge on any atom is 0.200 e. The third-order valence-corrected chi connectivity index (χ3v) is 3.20. The van der Waals surface area contributed by atoms with E-state index in [1.807, 2.05) is 0 Å². The third kappa shape index (κ3) is 2.38. The lowest BCUT2D eigenvalue weighted by molar-refractivity contribution is -0.991. The fourth-order valence-corrected chi connectivity index (χ4v) is 2.11. The Balaban J connectivity index is 2.14. The number of quaternary nitrogens is 1. The first kappa shape index (κ1) is 13.3. The molecule has 3 rings (SSSR count). The van der Waals surface area contributed by atoms with Crippen LogP contribution in [0.5, 0.6) is 5.75 Å². The zero-order valence-corrected chi connectivity index (χ0v) is 10.7. The van der Waals surface area contributed by atoms with E-state index in [1.54, 1.807) is 12.1 Å². The number of benzene rings is 2. The SMILES string of the molecule is O=c1c(-c2ccc([NH+]([O-])O)cc2)coc2cc(O)ccc12. The molecule has 1 aromatic heterocycles. The van der Waals surface area contributed by atoms with Crippen molar-refractivity contribution in [3.63, 3.8) is 0 Å². The molecule has 0 spiro atoms. The van der Waals surface area contributed by atoms with E-state index in [9.17, 15) is 15.1 Å². The van der Waals surface area contributed by atoms with Crippen LogP contribution in [0.3, 0.4) is 0 Å². The minimum absolute atomic E-state index is 0.0178. The summed E-state index contributed by atoms with van der Waals surface area (Å²) in [7, 11) is 0. The zero-order chi connectivity index (χ0) is 15.0. The summed E-state index contributed by atoms with van der Waals surface area (Å²) in [5.41, 5.74) is 1.12. The van der Waals surface area contributed by atoms with Crippen molar-refractivity contribution in [1.82, 2.24) is 0 Å². The van der Waals surface area contributed by atoms with Gasteiger partial charge in [0.25, 0.3) is 0 Å². The van der Waals surface area contributed by atoms with Gasteiger partial charge in [0, 0.05) is 18.2 Å². The molecule has 0 amide bonds. The smallest absolute Gasteiger partial charge is 0.200 e. The van der Waals surface area contributed by atoms with Crippen LogP contribution in [0.15, 0.2) is 57.9 Å². The lowest BCUT2D eigenvalue weighted by Gasteiger charge is -2.11. The average Bonchev–Trinajstić information content (AvgIpc) is 2.47. The molecule has 1 atom stereocenters. The number of fused-ring (bicyclic) bond motifs is 1. The van der Waals surface area contributed by atoms with Gasteiger partial charge in [-0.3, -0.25) is 4.79 Å². The first-order valence-electron chi connectivity index (χ1n) is 6.14. The fourth-order valence-electron chi connectivity index (χ4n) is 2.11. The van der Waals surface area contributed by atoms with Crippen LogP contribution >= 0.6 is 0 Å². The lowest BCUT2D eigenvalue weighted by atomic mass is 10.1. The molecule has 6 nitrogen and oxygen atoms in total. The molecule has 0 aliphatic carbocycles. The van der Waals surface area contributed by atoms with Crippen LogP contribution in [0.2, 0.25) is 0 Å². The first-order valence-corrected chi connectivity index (χ1v) is 6.14. The van der Waals surface area contributed by atoms with E-state index in [1.165, 1.54) is 36.6 Å². The molecule has 0 fully saturated rings. The molecule has 3 aromatic rings. The molecular weight excluding hydrogens is 274 g/mol. The van der Waals surface area contributed by atoms with Crippen LogP contribution in [-0.4, -0.2) is 10.3 Å². The predicted octanol–water partition coefficient (Wildman–Crippen LogP) is 1.57. The molecule has 106 valence electrons. The number of phenolic OH excluding ortho intramolecular Hbond substituents is 1. The van der Waals surface area contributed by atoms with Crippen molar-refractivity contribution >= 4 is 16.7 Å². The Labute approximate surface area is 118 Å². The highest BCUT2D eigenvalue weighted by Crippen LogP contribution is 2.22. The highest BCUT2D eigenvalue weighted by Gasteiger charge is 2.10. The fraction of sp³-hybridized carbons (Fsp3) is 0. The van der Waals surface area contributed by atoms with Crippen LogP contribution in [-0.2, 0) is 0 Å². The summed E-state index contributed by atoms with van der Waals surface area (Å²) in [6.45, 7) is 0. The van der Waals surface area contributed by atoms with Crippen molar-refractivity contribution in [3.8, 4) is 16.9 Å². The van der Waals surface area contributed by atoms with Gasteiger partial charge in [-0.05, 0) is 29.8 Å². The molecule has 1 heterocycles. The number of hydrogen-bond acceptors (Lipinski definition) is 5. The van der Waals surface area contributed by atoms with Crippen LogP contribution < -0.4 is 10.7 Å². The van der Waals surface area contributed by atoms with Gasteiger partial charge in [-0.25, -0.2) is 5.21 Å². The summed E-state index contributed by atoms with van der Waals surface area (Å²) < 4.78 is 5.36. The number of nitrogens with one attached hydrogen (secondary N) is 1. The van der Waals surface area contributed by atoms with E-state index < -0.39 is 5.23 Å². The van der Waals surface area contributed by atoms with Gasteiger partial charge in [0.15, 0.2) is 11.1 Å². The minimum Gasteiger partial charge on any atom is -0.595 e. The van der Waals surface area contributed by atoms with Crippen molar-refractivity contribution in [2.45, 2.75) is 0 Å². The van der Waals surface area contributed by atoms with E-state index >= 15 is 0 Å².